The quantitative estimate of drug-likeness (QED) is 0.0157. The van der Waals surface area contributed by atoms with Crippen molar-refractivity contribution in [1.29, 1.82) is 0 Å². The van der Waals surface area contributed by atoms with Crippen LogP contribution in [0.3, 0.4) is 0 Å². The number of rotatable bonds is 38. The van der Waals surface area contributed by atoms with Crippen molar-refractivity contribution < 1.29 is 42.7 Å². The number of hydrogen-bond acceptors (Lipinski definition) is 7. The fraction of sp³-hybridized carbons (Fsp3) is 0.744. The first kappa shape index (κ1) is 50.7. The van der Waals surface area contributed by atoms with E-state index in [9.17, 15) is 18.9 Å². The Kier molecular flexibility index (Phi) is 36.3. The topological polar surface area (TPSA) is 136 Å². The summed E-state index contributed by atoms with van der Waals surface area (Å²) in [5, 5.41) is 0. The van der Waals surface area contributed by atoms with Crippen LogP contribution in [0.5, 0.6) is 0 Å². The summed E-state index contributed by atoms with van der Waals surface area (Å²) in [5.74, 6) is -0.873. The minimum absolute atomic E-state index is 0.110. The molecule has 0 saturated carbocycles. The van der Waals surface area contributed by atoms with Crippen molar-refractivity contribution in [2.75, 3.05) is 13.2 Å². The lowest BCUT2D eigenvalue weighted by Crippen LogP contribution is -2.29. The van der Waals surface area contributed by atoms with Gasteiger partial charge < -0.3 is 19.3 Å². The minimum Gasteiger partial charge on any atom is -0.462 e. The van der Waals surface area contributed by atoms with Crippen molar-refractivity contribution >= 4 is 25.5 Å². The van der Waals surface area contributed by atoms with Crippen LogP contribution in [0.4, 0.5) is 0 Å². The highest BCUT2D eigenvalue weighted by atomic mass is 31.2. The summed E-state index contributed by atoms with van der Waals surface area (Å²) in [6.45, 7) is 3.50. The van der Waals surface area contributed by atoms with Gasteiger partial charge in [-0.25, -0.2) is 4.57 Å². The van der Waals surface area contributed by atoms with E-state index in [1.807, 2.05) is 6.08 Å². The number of unbranched alkanes of at least 4 members (excludes halogenated alkanes) is 19. The van der Waals surface area contributed by atoms with E-state index in [1.54, 1.807) is 12.2 Å². The second-order valence-electron chi connectivity index (χ2n) is 14.0. The van der Waals surface area contributed by atoms with Crippen LogP contribution in [-0.2, 0) is 32.9 Å². The summed E-state index contributed by atoms with van der Waals surface area (Å²) in [6.07, 6.45) is 42.2. The second-order valence-corrected chi connectivity index (χ2v) is 15.2. The Hall–Kier alpha value is -2.32. The highest BCUT2D eigenvalue weighted by molar-refractivity contribution is 7.46. The Morgan fingerprint density at radius 2 is 1.02 bits per heavy atom. The monoisotopic (exact) mass is 767 g/mol. The van der Waals surface area contributed by atoms with Gasteiger partial charge in [0.2, 0.25) is 0 Å². The van der Waals surface area contributed by atoms with Crippen LogP contribution in [0.1, 0.15) is 187 Å². The van der Waals surface area contributed by atoms with Gasteiger partial charge in [-0.1, -0.05) is 146 Å². The zero-order chi connectivity index (χ0) is 39.1. The van der Waals surface area contributed by atoms with E-state index < -0.39 is 32.5 Å². The molecule has 0 amide bonds. The zero-order valence-electron chi connectivity index (χ0n) is 33.4. The molecular weight excluding hydrogens is 691 g/mol. The molecule has 0 unspecified atom stereocenters. The molecule has 0 heterocycles. The summed E-state index contributed by atoms with van der Waals surface area (Å²) >= 11 is 0. The first-order chi connectivity index (χ1) is 25.7. The Balaban J connectivity index is 4.00. The van der Waals surface area contributed by atoms with Crippen molar-refractivity contribution in [1.82, 2.24) is 0 Å². The van der Waals surface area contributed by atoms with Gasteiger partial charge in [0.1, 0.15) is 6.61 Å². The zero-order valence-corrected chi connectivity index (χ0v) is 34.3. The molecule has 0 aliphatic rings. The number of ketones is 1. The maximum Gasteiger partial charge on any atom is 0.469 e. The predicted molar refractivity (Wildman–Crippen MR) is 216 cm³/mol. The van der Waals surface area contributed by atoms with Crippen molar-refractivity contribution in [3.05, 3.63) is 48.6 Å². The molecule has 0 rings (SSSR count). The lowest BCUT2D eigenvalue weighted by Gasteiger charge is -2.18. The Labute approximate surface area is 322 Å². The molecule has 0 aromatic carbocycles. The van der Waals surface area contributed by atoms with Crippen molar-refractivity contribution in [2.45, 2.75) is 193 Å². The fourth-order valence-corrected chi connectivity index (χ4v) is 5.98. The Morgan fingerprint density at radius 3 is 1.57 bits per heavy atom. The lowest BCUT2D eigenvalue weighted by molar-refractivity contribution is -0.161. The Morgan fingerprint density at radius 1 is 0.547 bits per heavy atom. The lowest BCUT2D eigenvalue weighted by atomic mass is 10.1. The van der Waals surface area contributed by atoms with Crippen LogP contribution in [0.25, 0.3) is 0 Å². The Bertz CT molecular complexity index is 1060. The van der Waals surface area contributed by atoms with Gasteiger partial charge in [-0.15, -0.1) is 0 Å². The van der Waals surface area contributed by atoms with Gasteiger partial charge in [-0.3, -0.25) is 18.9 Å². The molecule has 10 heteroatoms. The van der Waals surface area contributed by atoms with Gasteiger partial charge in [0.15, 0.2) is 11.9 Å². The highest BCUT2D eigenvalue weighted by Crippen LogP contribution is 2.36. The maximum absolute atomic E-state index is 12.4. The predicted octanol–water partition coefficient (Wildman–Crippen LogP) is 11.9. The van der Waals surface area contributed by atoms with Crippen molar-refractivity contribution in [3.63, 3.8) is 0 Å². The smallest absolute Gasteiger partial charge is 0.462 e. The highest BCUT2D eigenvalue weighted by Gasteiger charge is 2.22. The molecular formula is C43H75O9P. The third kappa shape index (κ3) is 40.7. The number of carbonyl (C=O) groups is 3. The van der Waals surface area contributed by atoms with Gasteiger partial charge in [0.05, 0.1) is 6.61 Å². The normalized spacial score (nSPS) is 12.8. The largest absolute Gasteiger partial charge is 0.469 e. The number of hydrogen-bond donors (Lipinski definition) is 2. The number of carbonyl (C=O) groups excluding carboxylic acids is 3. The standard InChI is InChI=1S/C43H75O9P/c1-3-5-7-9-11-12-13-14-15-16-17-18-19-20-21-22-24-28-32-36-42(45)50-38-41(39-51-53(47,48)49)52-43(46)37-33-29-25-27-31-35-40(44)34-30-26-23-10-8-6-4-2/h11-12,14-15,23,26,30,34,41H,3-10,13,16-22,24-25,27-29,31-33,35-39H2,1-2H3,(H2,47,48,49)/b12-11-,15-14-,26-23-,34-30+/t41-/m1/s1. The molecule has 0 fully saturated rings. The fourth-order valence-electron chi connectivity index (χ4n) is 5.62. The molecule has 0 spiro atoms. The van der Waals surface area contributed by atoms with E-state index in [-0.39, 0.29) is 25.2 Å². The third-order valence-corrected chi connectivity index (χ3v) is 9.28. The summed E-state index contributed by atoms with van der Waals surface area (Å²) in [7, 11) is -4.79. The average Bonchev–Trinajstić information content (AvgIpc) is 3.12. The van der Waals surface area contributed by atoms with Crippen LogP contribution in [0, 0.1) is 0 Å². The molecule has 0 aromatic heterocycles. The van der Waals surface area contributed by atoms with E-state index in [2.05, 4.69) is 48.8 Å². The number of allylic oxidation sites excluding steroid dienone is 8. The van der Waals surface area contributed by atoms with E-state index in [0.29, 0.717) is 19.3 Å². The summed E-state index contributed by atoms with van der Waals surface area (Å²) < 4.78 is 26.3. The molecule has 1 atom stereocenters. The van der Waals surface area contributed by atoms with Gasteiger partial charge in [0.25, 0.3) is 0 Å². The van der Waals surface area contributed by atoms with Crippen LogP contribution in [0.2, 0.25) is 0 Å². The first-order valence-electron chi connectivity index (χ1n) is 20.9. The summed E-state index contributed by atoms with van der Waals surface area (Å²) in [4.78, 5) is 54.8. The minimum atomic E-state index is -4.79. The van der Waals surface area contributed by atoms with E-state index in [0.717, 1.165) is 64.2 Å². The van der Waals surface area contributed by atoms with E-state index in [4.69, 9.17) is 19.3 Å². The summed E-state index contributed by atoms with van der Waals surface area (Å²) in [5.41, 5.74) is 0. The summed E-state index contributed by atoms with van der Waals surface area (Å²) in [6, 6.07) is 0. The SMILES string of the molecule is CCCCC/C=C\C=C\C(=O)CCCCCCCC(=O)O[C@H](COC(=O)CCCCCCCCCCC/C=C\C/C=C\CCCCC)COP(=O)(O)O. The van der Waals surface area contributed by atoms with Crippen LogP contribution in [-0.4, -0.2) is 46.8 Å². The van der Waals surface area contributed by atoms with Gasteiger partial charge in [-0.2, -0.15) is 0 Å². The van der Waals surface area contributed by atoms with E-state index >= 15 is 0 Å². The molecule has 9 nitrogen and oxygen atoms in total. The van der Waals surface area contributed by atoms with Crippen molar-refractivity contribution in [2.24, 2.45) is 0 Å². The molecule has 0 aliphatic heterocycles. The number of phosphoric ester groups is 1. The van der Waals surface area contributed by atoms with Crippen molar-refractivity contribution in [3.8, 4) is 0 Å². The number of phosphoric acid groups is 1. The molecule has 53 heavy (non-hydrogen) atoms. The molecule has 306 valence electrons. The number of ether oxygens (including phenoxy) is 2. The average molecular weight is 767 g/mol. The van der Waals surface area contributed by atoms with Gasteiger partial charge >= 0.3 is 19.8 Å². The molecule has 2 N–H and O–H groups in total. The first-order valence-corrected chi connectivity index (χ1v) is 22.4. The third-order valence-electron chi connectivity index (χ3n) is 8.80. The van der Waals surface area contributed by atoms with Crippen LogP contribution in [0.15, 0.2) is 48.6 Å². The molecule has 0 radical (unpaired) electrons. The van der Waals surface area contributed by atoms with Gasteiger partial charge in [0, 0.05) is 19.3 Å². The number of esters is 2. The van der Waals surface area contributed by atoms with Crippen LogP contribution >= 0.6 is 7.82 Å². The maximum atomic E-state index is 12.4. The molecule has 0 bridgehead atoms. The molecule has 0 saturated heterocycles. The van der Waals surface area contributed by atoms with E-state index in [1.165, 1.54) is 77.0 Å². The van der Waals surface area contributed by atoms with Crippen LogP contribution < -0.4 is 0 Å². The molecule has 0 aliphatic carbocycles. The second kappa shape index (κ2) is 38.0. The molecule has 0 aromatic rings. The van der Waals surface area contributed by atoms with Gasteiger partial charge in [-0.05, 0) is 70.3 Å².